The van der Waals surface area contributed by atoms with Crippen molar-refractivity contribution >= 4 is 5.91 Å². The van der Waals surface area contributed by atoms with Gasteiger partial charge in [0.15, 0.2) is 0 Å². The highest BCUT2D eigenvalue weighted by atomic mass is 16.5. The van der Waals surface area contributed by atoms with Crippen molar-refractivity contribution in [2.45, 2.75) is 26.4 Å². The van der Waals surface area contributed by atoms with E-state index in [4.69, 9.17) is 15.2 Å². The van der Waals surface area contributed by atoms with E-state index in [0.717, 1.165) is 11.5 Å². The summed E-state index contributed by atoms with van der Waals surface area (Å²) < 4.78 is 10.7. The van der Waals surface area contributed by atoms with Crippen molar-refractivity contribution in [1.82, 2.24) is 0 Å². The summed E-state index contributed by atoms with van der Waals surface area (Å²) in [7, 11) is 1.62. The highest BCUT2D eigenvalue weighted by Gasteiger charge is 2.14. The van der Waals surface area contributed by atoms with Crippen LogP contribution in [0, 0.1) is 5.92 Å². The maximum Gasteiger partial charge on any atom is 0.220 e. The van der Waals surface area contributed by atoms with Gasteiger partial charge < -0.3 is 15.2 Å². The standard InChI is InChI=1S/C13H19NO3/c1-9(13(14)15)8-10(2)17-12-6-4-11(16-3)5-7-12/h4-7,9-10H,8H2,1-3H3,(H2,14,15). The van der Waals surface area contributed by atoms with Crippen LogP contribution in [0.25, 0.3) is 0 Å². The number of hydrogen-bond donors (Lipinski definition) is 1. The van der Waals surface area contributed by atoms with Gasteiger partial charge in [0.25, 0.3) is 0 Å². The van der Waals surface area contributed by atoms with Crippen LogP contribution in [0.15, 0.2) is 24.3 Å². The van der Waals surface area contributed by atoms with Gasteiger partial charge in [-0.05, 0) is 37.6 Å². The monoisotopic (exact) mass is 237 g/mol. The number of amides is 1. The average molecular weight is 237 g/mol. The number of carbonyl (C=O) groups excluding carboxylic acids is 1. The SMILES string of the molecule is COc1ccc(OC(C)CC(C)C(N)=O)cc1. The van der Waals surface area contributed by atoms with Crippen molar-refractivity contribution in [2.24, 2.45) is 11.7 Å². The van der Waals surface area contributed by atoms with Crippen LogP contribution in [-0.4, -0.2) is 19.1 Å². The summed E-state index contributed by atoms with van der Waals surface area (Å²) in [5.74, 6) is 1.07. The predicted octanol–water partition coefficient (Wildman–Crippen LogP) is 1.97. The first-order valence-electron chi connectivity index (χ1n) is 5.63. The molecule has 0 bridgehead atoms. The summed E-state index contributed by atoms with van der Waals surface area (Å²) in [6, 6.07) is 7.34. The lowest BCUT2D eigenvalue weighted by Gasteiger charge is -2.17. The lowest BCUT2D eigenvalue weighted by atomic mass is 10.0. The van der Waals surface area contributed by atoms with Crippen LogP contribution in [0.1, 0.15) is 20.3 Å². The van der Waals surface area contributed by atoms with Gasteiger partial charge >= 0.3 is 0 Å². The molecule has 2 N–H and O–H groups in total. The van der Waals surface area contributed by atoms with Gasteiger partial charge in [-0.3, -0.25) is 4.79 Å². The minimum atomic E-state index is -0.296. The van der Waals surface area contributed by atoms with Crippen LogP contribution in [0.3, 0.4) is 0 Å². The third-order valence-corrected chi connectivity index (χ3v) is 2.57. The maximum absolute atomic E-state index is 10.9. The van der Waals surface area contributed by atoms with E-state index in [1.807, 2.05) is 31.2 Å². The fourth-order valence-corrected chi connectivity index (χ4v) is 1.55. The molecule has 0 aromatic heterocycles. The normalized spacial score (nSPS) is 13.8. The molecular formula is C13H19NO3. The summed E-state index contributed by atoms with van der Waals surface area (Å²) in [6.07, 6.45) is 0.562. The Labute approximate surface area is 102 Å². The molecule has 1 aromatic rings. The van der Waals surface area contributed by atoms with Gasteiger partial charge in [0, 0.05) is 5.92 Å². The van der Waals surface area contributed by atoms with Crippen molar-refractivity contribution in [3.63, 3.8) is 0 Å². The molecule has 0 aliphatic rings. The van der Waals surface area contributed by atoms with Crippen LogP contribution >= 0.6 is 0 Å². The molecule has 17 heavy (non-hydrogen) atoms. The number of rotatable bonds is 6. The lowest BCUT2D eigenvalue weighted by molar-refractivity contribution is -0.122. The first-order chi connectivity index (χ1) is 8.02. The van der Waals surface area contributed by atoms with Gasteiger partial charge in [-0.1, -0.05) is 6.92 Å². The van der Waals surface area contributed by atoms with Gasteiger partial charge in [0.1, 0.15) is 11.5 Å². The summed E-state index contributed by atoms with van der Waals surface area (Å²) in [5, 5.41) is 0. The number of carbonyl (C=O) groups is 1. The van der Waals surface area contributed by atoms with Gasteiger partial charge in [0.05, 0.1) is 13.2 Å². The van der Waals surface area contributed by atoms with Crippen LogP contribution in [-0.2, 0) is 4.79 Å². The molecule has 0 saturated heterocycles. The molecule has 4 heteroatoms. The van der Waals surface area contributed by atoms with E-state index in [9.17, 15) is 4.79 Å². The largest absolute Gasteiger partial charge is 0.497 e. The Morgan fingerprint density at radius 2 is 1.76 bits per heavy atom. The Balaban J connectivity index is 2.49. The van der Waals surface area contributed by atoms with Crippen LogP contribution in [0.2, 0.25) is 0 Å². The topological polar surface area (TPSA) is 61.6 Å². The summed E-state index contributed by atoms with van der Waals surface area (Å²) in [5.41, 5.74) is 5.20. The van der Waals surface area contributed by atoms with E-state index in [0.29, 0.717) is 6.42 Å². The van der Waals surface area contributed by atoms with E-state index in [2.05, 4.69) is 0 Å². The zero-order chi connectivity index (χ0) is 12.8. The second-order valence-corrected chi connectivity index (χ2v) is 4.14. The van der Waals surface area contributed by atoms with Gasteiger partial charge in [-0.25, -0.2) is 0 Å². The average Bonchev–Trinajstić information content (AvgIpc) is 2.29. The fourth-order valence-electron chi connectivity index (χ4n) is 1.55. The fraction of sp³-hybridized carbons (Fsp3) is 0.462. The molecule has 0 saturated carbocycles. The molecule has 0 heterocycles. The van der Waals surface area contributed by atoms with Crippen molar-refractivity contribution in [2.75, 3.05) is 7.11 Å². The molecule has 0 fully saturated rings. The van der Waals surface area contributed by atoms with Gasteiger partial charge in [-0.2, -0.15) is 0 Å². The minimum Gasteiger partial charge on any atom is -0.497 e. The Morgan fingerprint density at radius 1 is 1.24 bits per heavy atom. The second kappa shape index (κ2) is 6.13. The molecule has 0 spiro atoms. The Morgan fingerprint density at radius 3 is 2.24 bits per heavy atom. The minimum absolute atomic E-state index is 0.0501. The van der Waals surface area contributed by atoms with Crippen molar-refractivity contribution in [1.29, 1.82) is 0 Å². The van der Waals surface area contributed by atoms with E-state index in [1.165, 1.54) is 0 Å². The first kappa shape index (κ1) is 13.4. The zero-order valence-corrected chi connectivity index (χ0v) is 10.5. The number of primary amides is 1. The Bertz CT molecular complexity index is 361. The molecule has 2 atom stereocenters. The van der Waals surface area contributed by atoms with E-state index >= 15 is 0 Å². The molecule has 94 valence electrons. The predicted molar refractivity (Wildman–Crippen MR) is 66.1 cm³/mol. The maximum atomic E-state index is 10.9. The Kier molecular flexibility index (Phi) is 4.82. The third kappa shape index (κ3) is 4.34. The van der Waals surface area contributed by atoms with Crippen molar-refractivity contribution in [3.8, 4) is 11.5 Å². The Hall–Kier alpha value is -1.71. The quantitative estimate of drug-likeness (QED) is 0.822. The lowest BCUT2D eigenvalue weighted by Crippen LogP contribution is -2.26. The molecule has 4 nitrogen and oxygen atoms in total. The van der Waals surface area contributed by atoms with Gasteiger partial charge in [0.2, 0.25) is 5.91 Å². The highest BCUT2D eigenvalue weighted by Crippen LogP contribution is 2.19. The molecule has 1 rings (SSSR count). The summed E-state index contributed by atoms with van der Waals surface area (Å²) >= 11 is 0. The number of hydrogen-bond acceptors (Lipinski definition) is 3. The molecule has 1 amide bonds. The highest BCUT2D eigenvalue weighted by molar-refractivity contribution is 5.76. The smallest absolute Gasteiger partial charge is 0.220 e. The second-order valence-electron chi connectivity index (χ2n) is 4.14. The van der Waals surface area contributed by atoms with Crippen molar-refractivity contribution < 1.29 is 14.3 Å². The summed E-state index contributed by atoms with van der Waals surface area (Å²) in [6.45, 7) is 3.72. The van der Waals surface area contributed by atoms with Crippen LogP contribution in [0.4, 0.5) is 0 Å². The molecular weight excluding hydrogens is 218 g/mol. The first-order valence-corrected chi connectivity index (χ1v) is 5.63. The van der Waals surface area contributed by atoms with Crippen LogP contribution in [0.5, 0.6) is 11.5 Å². The third-order valence-electron chi connectivity index (χ3n) is 2.57. The number of methoxy groups -OCH3 is 1. The van der Waals surface area contributed by atoms with Gasteiger partial charge in [-0.15, -0.1) is 0 Å². The van der Waals surface area contributed by atoms with E-state index in [-0.39, 0.29) is 17.9 Å². The van der Waals surface area contributed by atoms with E-state index < -0.39 is 0 Å². The number of ether oxygens (including phenoxy) is 2. The number of nitrogens with two attached hydrogens (primary N) is 1. The molecule has 0 aliphatic carbocycles. The number of benzene rings is 1. The van der Waals surface area contributed by atoms with E-state index in [1.54, 1.807) is 14.0 Å². The van der Waals surface area contributed by atoms with Crippen LogP contribution < -0.4 is 15.2 Å². The molecule has 2 unspecified atom stereocenters. The molecule has 0 aliphatic heterocycles. The molecule has 0 radical (unpaired) electrons. The summed E-state index contributed by atoms with van der Waals surface area (Å²) in [4.78, 5) is 10.9. The zero-order valence-electron chi connectivity index (χ0n) is 10.5. The molecule has 1 aromatic carbocycles. The van der Waals surface area contributed by atoms with Crippen molar-refractivity contribution in [3.05, 3.63) is 24.3 Å².